The number of likely N-dealkylation sites (tertiary alicyclic amines) is 1. The van der Waals surface area contributed by atoms with E-state index < -0.39 is 29.8 Å². The van der Waals surface area contributed by atoms with Gasteiger partial charge in [0, 0.05) is 6.54 Å². The summed E-state index contributed by atoms with van der Waals surface area (Å²) in [7, 11) is 0. The van der Waals surface area contributed by atoms with Gasteiger partial charge in [0.1, 0.15) is 18.4 Å². The zero-order valence-corrected chi connectivity index (χ0v) is 20.4. The molecule has 2 saturated heterocycles. The molecule has 0 bridgehead atoms. The van der Waals surface area contributed by atoms with Crippen molar-refractivity contribution in [2.75, 3.05) is 32.8 Å². The summed E-state index contributed by atoms with van der Waals surface area (Å²) in [6.07, 6.45) is 3.46. The highest BCUT2D eigenvalue weighted by Crippen LogP contribution is 2.42. The first-order valence-corrected chi connectivity index (χ1v) is 12.5. The van der Waals surface area contributed by atoms with Crippen molar-refractivity contribution in [3.63, 3.8) is 0 Å². The van der Waals surface area contributed by atoms with E-state index in [4.69, 9.17) is 9.15 Å². The number of nitrogens with one attached hydrogen (secondary N) is 1. The van der Waals surface area contributed by atoms with E-state index in [1.165, 1.54) is 11.6 Å². The van der Waals surface area contributed by atoms with Gasteiger partial charge in [-0.1, -0.05) is 36.4 Å². The molecule has 0 saturated carbocycles. The summed E-state index contributed by atoms with van der Waals surface area (Å²) in [5.74, 6) is -1.05. The maximum atomic E-state index is 13.7. The smallest absolute Gasteiger partial charge is 0.418 e. The van der Waals surface area contributed by atoms with Crippen LogP contribution in [0.1, 0.15) is 42.2 Å². The number of amides is 3. The summed E-state index contributed by atoms with van der Waals surface area (Å²) in [5, 5.41) is 2.76. The Balaban J connectivity index is 1.13. The van der Waals surface area contributed by atoms with Crippen LogP contribution in [-0.4, -0.2) is 54.7 Å². The van der Waals surface area contributed by atoms with Gasteiger partial charge in [-0.2, -0.15) is 0 Å². The van der Waals surface area contributed by atoms with Crippen LogP contribution in [0.3, 0.4) is 0 Å². The molecule has 7 nitrogen and oxygen atoms in total. The first-order valence-electron chi connectivity index (χ1n) is 12.5. The van der Waals surface area contributed by atoms with E-state index in [1.54, 1.807) is 6.26 Å². The number of hydrogen-bond donors (Lipinski definition) is 1. The molecule has 5 rings (SSSR count). The van der Waals surface area contributed by atoms with Crippen molar-refractivity contribution < 1.29 is 27.5 Å². The van der Waals surface area contributed by atoms with Crippen LogP contribution in [0.4, 0.5) is 18.4 Å². The topological polar surface area (TPSA) is 75.0 Å². The molecule has 1 aromatic heterocycles. The van der Waals surface area contributed by atoms with Crippen LogP contribution in [0, 0.1) is 11.6 Å². The Morgan fingerprint density at radius 3 is 2.51 bits per heavy atom. The van der Waals surface area contributed by atoms with Crippen LogP contribution in [-0.2, 0) is 10.2 Å². The number of halogens is 2. The van der Waals surface area contributed by atoms with E-state index in [0.29, 0.717) is 18.5 Å². The molecule has 9 heteroatoms. The molecular formula is C28H29F2N3O4. The molecule has 194 valence electrons. The molecule has 2 aliphatic heterocycles. The maximum absolute atomic E-state index is 13.7. The third-order valence-corrected chi connectivity index (χ3v) is 7.38. The summed E-state index contributed by atoms with van der Waals surface area (Å²) < 4.78 is 37.8. The zero-order chi connectivity index (χ0) is 25.8. The number of rotatable bonds is 7. The molecule has 1 N–H and O–H groups in total. The lowest BCUT2D eigenvalue weighted by atomic mass is 9.71. The fourth-order valence-electron chi connectivity index (χ4n) is 5.34. The second-order valence-corrected chi connectivity index (χ2v) is 9.49. The zero-order valence-electron chi connectivity index (χ0n) is 20.4. The van der Waals surface area contributed by atoms with Gasteiger partial charge in [-0.25, -0.2) is 23.3 Å². The van der Waals surface area contributed by atoms with Crippen molar-refractivity contribution in [2.45, 2.75) is 30.7 Å². The lowest BCUT2D eigenvalue weighted by Gasteiger charge is -2.41. The minimum atomic E-state index is -1.04. The molecule has 1 atom stereocenters. The van der Waals surface area contributed by atoms with Crippen molar-refractivity contribution in [3.8, 4) is 0 Å². The lowest BCUT2D eigenvalue weighted by Crippen LogP contribution is -2.45. The van der Waals surface area contributed by atoms with Gasteiger partial charge in [0.15, 0.2) is 11.6 Å². The first-order chi connectivity index (χ1) is 18.0. The Kier molecular flexibility index (Phi) is 7.23. The van der Waals surface area contributed by atoms with Crippen LogP contribution in [0.25, 0.3) is 0 Å². The maximum Gasteiger partial charge on any atom is 0.418 e. The molecule has 3 amide bonds. The van der Waals surface area contributed by atoms with Crippen molar-refractivity contribution >= 4 is 12.1 Å². The number of cyclic esters (lactones) is 1. The van der Waals surface area contributed by atoms with E-state index in [1.807, 2.05) is 12.1 Å². The third kappa shape index (κ3) is 5.09. The molecule has 37 heavy (non-hydrogen) atoms. The molecule has 2 aromatic carbocycles. The van der Waals surface area contributed by atoms with Gasteiger partial charge in [0.05, 0.1) is 11.7 Å². The van der Waals surface area contributed by atoms with Gasteiger partial charge < -0.3 is 19.4 Å². The molecular weight excluding hydrogens is 480 g/mol. The van der Waals surface area contributed by atoms with Crippen LogP contribution in [0.5, 0.6) is 0 Å². The van der Waals surface area contributed by atoms with Gasteiger partial charge in [0.25, 0.3) is 0 Å². The van der Waals surface area contributed by atoms with Gasteiger partial charge in [-0.15, -0.1) is 0 Å². The summed E-state index contributed by atoms with van der Waals surface area (Å²) in [5.41, 5.74) is 1.40. The second-order valence-electron chi connectivity index (χ2n) is 9.49. The molecule has 0 radical (unpaired) electrons. The molecule has 3 heterocycles. The SMILES string of the molecule is O=C(NCCCN1CCC(c2ccccc2)(c2ccco2)CC1)N1C(=O)OCC1c1ccc(F)c(F)c1. The largest absolute Gasteiger partial charge is 0.468 e. The van der Waals surface area contributed by atoms with Gasteiger partial charge in [-0.3, -0.25) is 0 Å². The average molecular weight is 510 g/mol. The highest BCUT2D eigenvalue weighted by molar-refractivity contribution is 5.92. The quantitative estimate of drug-likeness (QED) is 0.442. The van der Waals surface area contributed by atoms with Crippen molar-refractivity contribution in [1.82, 2.24) is 15.1 Å². The number of furan rings is 1. The van der Waals surface area contributed by atoms with Gasteiger partial charge >= 0.3 is 12.1 Å². The van der Waals surface area contributed by atoms with Crippen LogP contribution >= 0.6 is 0 Å². The third-order valence-electron chi connectivity index (χ3n) is 7.38. The highest BCUT2D eigenvalue weighted by Gasteiger charge is 2.41. The number of carbonyl (C=O) groups excluding carboxylic acids is 2. The van der Waals surface area contributed by atoms with E-state index in [-0.39, 0.29) is 12.0 Å². The fourth-order valence-corrected chi connectivity index (χ4v) is 5.34. The molecule has 1 unspecified atom stereocenters. The Hall–Kier alpha value is -3.72. The standard InChI is InChI=1S/C28H29F2N3O4/c29-22-10-9-20(18-23(22)30)24-19-37-27(35)33(24)26(34)31-13-5-14-32-15-11-28(12-16-32,25-8-4-17-36-25)21-6-2-1-3-7-21/h1-4,6-10,17-18,24H,5,11-16,19H2,(H,31,34). The van der Waals surface area contributed by atoms with E-state index in [9.17, 15) is 18.4 Å². The number of piperidine rings is 1. The fraction of sp³-hybridized carbons (Fsp3) is 0.357. The number of imide groups is 1. The minimum Gasteiger partial charge on any atom is -0.468 e. The van der Waals surface area contributed by atoms with Gasteiger partial charge in [-0.05, 0) is 74.3 Å². The number of ether oxygens (including phenoxy) is 1. The van der Waals surface area contributed by atoms with E-state index >= 15 is 0 Å². The van der Waals surface area contributed by atoms with E-state index in [2.05, 4.69) is 40.5 Å². The van der Waals surface area contributed by atoms with E-state index in [0.717, 1.165) is 55.3 Å². The Bertz CT molecular complexity index is 1230. The monoisotopic (exact) mass is 509 g/mol. The molecule has 2 fully saturated rings. The van der Waals surface area contributed by atoms with Crippen LogP contribution in [0.2, 0.25) is 0 Å². The Morgan fingerprint density at radius 1 is 1.03 bits per heavy atom. The Morgan fingerprint density at radius 2 is 1.81 bits per heavy atom. The average Bonchev–Trinajstić information content (AvgIpc) is 3.60. The van der Waals surface area contributed by atoms with Crippen molar-refractivity contribution in [2.24, 2.45) is 0 Å². The normalized spacial score (nSPS) is 19.6. The number of urea groups is 1. The Labute approximate surface area is 214 Å². The summed E-state index contributed by atoms with van der Waals surface area (Å²) in [6.45, 7) is 2.83. The minimum absolute atomic E-state index is 0.107. The number of hydrogen-bond acceptors (Lipinski definition) is 5. The highest BCUT2D eigenvalue weighted by atomic mass is 19.2. The first kappa shape index (κ1) is 25.0. The predicted molar refractivity (Wildman–Crippen MR) is 132 cm³/mol. The summed E-state index contributed by atoms with van der Waals surface area (Å²) in [4.78, 5) is 28.2. The van der Waals surface area contributed by atoms with Gasteiger partial charge in [0.2, 0.25) is 0 Å². The molecule has 2 aliphatic rings. The summed E-state index contributed by atoms with van der Waals surface area (Å²) in [6, 6.07) is 16.3. The van der Waals surface area contributed by atoms with Crippen molar-refractivity contribution in [1.29, 1.82) is 0 Å². The number of carbonyl (C=O) groups is 2. The predicted octanol–water partition coefficient (Wildman–Crippen LogP) is 5.23. The molecule has 3 aromatic rings. The van der Waals surface area contributed by atoms with Crippen LogP contribution < -0.4 is 5.32 Å². The number of nitrogens with zero attached hydrogens (tertiary/aromatic N) is 2. The summed E-state index contributed by atoms with van der Waals surface area (Å²) >= 11 is 0. The molecule has 0 aliphatic carbocycles. The van der Waals surface area contributed by atoms with Crippen LogP contribution in [0.15, 0.2) is 71.3 Å². The number of benzene rings is 2. The molecule has 0 spiro atoms. The lowest BCUT2D eigenvalue weighted by molar-refractivity contribution is 0.156. The van der Waals surface area contributed by atoms with Crippen molar-refractivity contribution in [3.05, 3.63) is 95.4 Å². The second kappa shape index (κ2) is 10.7.